The van der Waals surface area contributed by atoms with Crippen LogP contribution < -0.4 is 0 Å². The first kappa shape index (κ1) is 26.3. The van der Waals surface area contributed by atoms with E-state index in [2.05, 4.69) is 55.5 Å². The number of aryl methyl sites for hydroxylation is 1. The molecule has 0 aromatic heterocycles. The van der Waals surface area contributed by atoms with Crippen molar-refractivity contribution >= 4 is 0 Å². The van der Waals surface area contributed by atoms with Crippen molar-refractivity contribution in [2.45, 2.75) is 13.3 Å². The summed E-state index contributed by atoms with van der Waals surface area (Å²) in [5.41, 5.74) is 3.94. The van der Waals surface area contributed by atoms with Crippen molar-refractivity contribution in [3.05, 3.63) is 144 Å². The van der Waals surface area contributed by atoms with Gasteiger partial charge in [-0.25, -0.2) is 0 Å². The van der Waals surface area contributed by atoms with E-state index in [1.165, 1.54) is 16.7 Å². The fourth-order valence-corrected chi connectivity index (χ4v) is 2.13. The molecule has 0 heterocycles. The van der Waals surface area contributed by atoms with Crippen molar-refractivity contribution in [3.8, 4) is 0 Å². The molecule has 0 bridgehead atoms. The maximum Gasteiger partial charge on any atom is 2.00 e. The van der Waals surface area contributed by atoms with Crippen molar-refractivity contribution in [2.24, 2.45) is 0 Å². The summed E-state index contributed by atoms with van der Waals surface area (Å²) in [5, 5.41) is 0. The van der Waals surface area contributed by atoms with Crippen LogP contribution in [0.4, 0.5) is 0 Å². The fraction of sp³-hybridized carbons (Fsp3) is 0.0769. The van der Waals surface area contributed by atoms with Crippen molar-refractivity contribution < 1.29 is 42.1 Å². The third-order valence-electron chi connectivity index (χ3n) is 3.47. The molecular weight excluding hydrogens is 680 g/mol. The molecule has 0 amide bonds. The second kappa shape index (κ2) is 17.4. The normalized spacial score (nSPS) is 8.46. The van der Waals surface area contributed by atoms with Crippen LogP contribution in [0.15, 0.2) is 103 Å². The van der Waals surface area contributed by atoms with Gasteiger partial charge >= 0.3 is 42.1 Å². The van der Waals surface area contributed by atoms with Gasteiger partial charge in [0.1, 0.15) is 0 Å². The smallest absolute Gasteiger partial charge is 0.184 e. The largest absolute Gasteiger partial charge is 2.00 e. The maximum absolute atomic E-state index is 3.01. The van der Waals surface area contributed by atoms with Crippen LogP contribution in [0.2, 0.25) is 0 Å². The van der Waals surface area contributed by atoms with Crippen molar-refractivity contribution in [2.75, 3.05) is 0 Å². The Morgan fingerprint density at radius 1 is 0.500 bits per heavy atom. The van der Waals surface area contributed by atoms with Crippen molar-refractivity contribution in [1.82, 2.24) is 0 Å². The zero-order valence-electron chi connectivity index (χ0n) is 15.8. The summed E-state index contributed by atoms with van der Waals surface area (Å²) in [5.74, 6) is 0. The molecule has 0 aliphatic carbocycles. The minimum Gasteiger partial charge on any atom is -0.184 e. The zero-order valence-corrected chi connectivity index (χ0v) is 21.7. The molecule has 0 fully saturated rings. The van der Waals surface area contributed by atoms with Crippen LogP contribution >= 0.6 is 0 Å². The van der Waals surface area contributed by atoms with Gasteiger partial charge in [0.25, 0.3) is 0 Å². The van der Waals surface area contributed by atoms with Gasteiger partial charge in [0.05, 0.1) is 0 Å². The topological polar surface area (TPSA) is 0 Å². The first-order valence-electron chi connectivity index (χ1n) is 8.58. The van der Waals surface area contributed by atoms with E-state index in [0.717, 1.165) is 6.42 Å². The summed E-state index contributed by atoms with van der Waals surface area (Å²) in [6, 6.07) is 45.5. The number of rotatable bonds is 2. The molecule has 0 aliphatic heterocycles. The number of hydrogen-bond donors (Lipinski definition) is 0. The third-order valence-corrected chi connectivity index (χ3v) is 3.47. The first-order valence-corrected chi connectivity index (χ1v) is 8.58. The summed E-state index contributed by atoms with van der Waals surface area (Å²) in [7, 11) is 0. The minimum atomic E-state index is 0. The second-order valence-corrected chi connectivity index (χ2v) is 5.65. The molecule has 4 rings (SSSR count). The van der Waals surface area contributed by atoms with E-state index in [9.17, 15) is 0 Å². The molecule has 4 aromatic carbocycles. The molecule has 0 N–H and O–H groups in total. The van der Waals surface area contributed by atoms with Crippen LogP contribution in [0.25, 0.3) is 0 Å². The SMILES string of the molecule is Cc1cc[c-]cc1.[W+2].[W+2].[c-]1ccc(Cc2cc[c-]cc2)cc1.[c-]1ccccc1. The van der Waals surface area contributed by atoms with Crippen LogP contribution in [0.3, 0.4) is 0 Å². The van der Waals surface area contributed by atoms with Gasteiger partial charge in [-0.1, -0.05) is 6.92 Å². The molecule has 0 spiro atoms. The molecular formula is C26H22W2. The molecule has 2 heteroatoms. The summed E-state index contributed by atoms with van der Waals surface area (Å²) in [6.07, 6.45) is 0.989. The Hall–Kier alpha value is -1.74. The molecule has 138 valence electrons. The van der Waals surface area contributed by atoms with E-state index in [1.807, 2.05) is 78.9 Å². The molecule has 0 saturated heterocycles. The van der Waals surface area contributed by atoms with Crippen molar-refractivity contribution in [3.63, 3.8) is 0 Å². The number of hydrogen-bond acceptors (Lipinski definition) is 0. The first-order chi connectivity index (χ1) is 12.8. The molecule has 0 nitrogen and oxygen atoms in total. The molecule has 0 aliphatic rings. The van der Waals surface area contributed by atoms with Crippen LogP contribution in [-0.2, 0) is 48.6 Å². The summed E-state index contributed by atoms with van der Waals surface area (Å²) in [4.78, 5) is 0. The van der Waals surface area contributed by atoms with Crippen LogP contribution in [0.1, 0.15) is 16.7 Å². The molecule has 0 atom stereocenters. The third kappa shape index (κ3) is 12.6. The summed E-state index contributed by atoms with van der Waals surface area (Å²) < 4.78 is 0. The van der Waals surface area contributed by atoms with E-state index in [-0.39, 0.29) is 42.1 Å². The standard InChI is InChI=1S/C13H10.C7H7.C6H5.2W/c1-3-7-12(8-4-1)11-13-9-5-2-6-10-13;1-7-5-3-2-4-6-7;1-2-4-6-5-3-1;;/h3-10H,11H2;3-6H,1H3;1-5H;;/q-2;2*-1;2*+2. The van der Waals surface area contributed by atoms with Crippen LogP contribution in [0.5, 0.6) is 0 Å². The van der Waals surface area contributed by atoms with E-state index >= 15 is 0 Å². The Morgan fingerprint density at radius 2 is 0.857 bits per heavy atom. The Labute approximate surface area is 198 Å². The van der Waals surface area contributed by atoms with Crippen LogP contribution in [-0.4, -0.2) is 0 Å². The van der Waals surface area contributed by atoms with Crippen molar-refractivity contribution in [1.29, 1.82) is 0 Å². The Kier molecular flexibility index (Phi) is 16.3. The van der Waals surface area contributed by atoms with Gasteiger partial charge in [-0.15, -0.1) is 0 Å². The quantitative estimate of drug-likeness (QED) is 0.220. The van der Waals surface area contributed by atoms with Crippen LogP contribution in [0, 0.1) is 31.2 Å². The minimum absolute atomic E-state index is 0. The Bertz CT molecular complexity index is 737. The molecule has 4 aromatic rings. The van der Waals surface area contributed by atoms with Gasteiger partial charge < -0.3 is 0 Å². The van der Waals surface area contributed by atoms with E-state index < -0.39 is 0 Å². The molecule has 0 saturated carbocycles. The van der Waals surface area contributed by atoms with Gasteiger partial charge in [-0.05, 0) is 6.42 Å². The predicted octanol–water partition coefficient (Wildman–Crippen LogP) is 6.15. The Balaban J connectivity index is 0.000000416. The molecule has 28 heavy (non-hydrogen) atoms. The maximum atomic E-state index is 3.01. The van der Waals surface area contributed by atoms with Gasteiger partial charge in [-0.3, -0.25) is 0 Å². The van der Waals surface area contributed by atoms with Gasteiger partial charge in [0.15, 0.2) is 0 Å². The zero-order chi connectivity index (χ0) is 18.3. The van der Waals surface area contributed by atoms with E-state index in [0.29, 0.717) is 0 Å². The predicted molar refractivity (Wildman–Crippen MR) is 109 cm³/mol. The monoisotopic (exact) mass is 702 g/mol. The summed E-state index contributed by atoms with van der Waals surface area (Å²) in [6.45, 7) is 2.06. The average molecular weight is 702 g/mol. The van der Waals surface area contributed by atoms with Gasteiger partial charge in [-0.2, -0.15) is 144 Å². The Morgan fingerprint density at radius 3 is 1.11 bits per heavy atom. The average Bonchev–Trinajstić information content (AvgIpc) is 2.72. The molecule has 0 unspecified atom stereocenters. The van der Waals surface area contributed by atoms with E-state index in [1.54, 1.807) is 0 Å². The van der Waals surface area contributed by atoms with Gasteiger partial charge in [0, 0.05) is 0 Å². The number of benzene rings is 4. The second-order valence-electron chi connectivity index (χ2n) is 5.65. The molecule has 0 radical (unpaired) electrons. The summed E-state index contributed by atoms with van der Waals surface area (Å²) >= 11 is 0. The van der Waals surface area contributed by atoms with E-state index in [4.69, 9.17) is 0 Å². The van der Waals surface area contributed by atoms with Gasteiger partial charge in [0.2, 0.25) is 0 Å². The fourth-order valence-electron chi connectivity index (χ4n) is 2.13.